The Balaban J connectivity index is 1.27. The number of anilines is 1. The lowest BCUT2D eigenvalue weighted by Gasteiger charge is -2.33. The van der Waals surface area contributed by atoms with Crippen LogP contribution in [-0.4, -0.2) is 28.6 Å². The van der Waals surface area contributed by atoms with Gasteiger partial charge in [-0.3, -0.25) is 4.90 Å². The number of aromatic nitrogens is 1. The number of hydrogen-bond donors (Lipinski definition) is 1. The molecule has 154 valence electrons. The molecule has 1 aliphatic rings. The smallest absolute Gasteiger partial charge is 0.123 e. The molecule has 1 fully saturated rings. The molecule has 0 spiro atoms. The van der Waals surface area contributed by atoms with E-state index in [1.54, 1.807) is 0 Å². The molecule has 1 aliphatic heterocycles. The molecular weight excluding hydrogens is 373 g/mol. The van der Waals surface area contributed by atoms with Crippen LogP contribution in [0.1, 0.15) is 25.3 Å². The highest BCUT2D eigenvalue weighted by atomic mass is 19.1. The normalized spacial score (nSPS) is 15.8. The summed E-state index contributed by atoms with van der Waals surface area (Å²) in [5, 5.41) is 6.25. The third-order valence-corrected chi connectivity index (χ3v) is 6.36. The van der Waals surface area contributed by atoms with Crippen LogP contribution in [0.5, 0.6) is 0 Å². The molecule has 0 bridgehead atoms. The van der Waals surface area contributed by atoms with Crippen molar-refractivity contribution in [1.29, 1.82) is 0 Å². The maximum atomic E-state index is 13.1. The van der Waals surface area contributed by atoms with Gasteiger partial charge in [-0.1, -0.05) is 24.3 Å². The molecule has 0 unspecified atom stereocenters. The topological polar surface area (TPSA) is 20.2 Å². The molecule has 1 saturated heterocycles. The minimum Gasteiger partial charge on any atom is -0.382 e. The van der Waals surface area contributed by atoms with Crippen molar-refractivity contribution in [2.24, 2.45) is 0 Å². The maximum Gasteiger partial charge on any atom is 0.123 e. The zero-order valence-corrected chi connectivity index (χ0v) is 17.4. The predicted molar refractivity (Wildman–Crippen MR) is 123 cm³/mol. The van der Waals surface area contributed by atoms with Gasteiger partial charge in [-0.25, -0.2) is 4.39 Å². The van der Waals surface area contributed by atoms with Gasteiger partial charge in [0.1, 0.15) is 5.82 Å². The van der Waals surface area contributed by atoms with E-state index in [1.807, 2.05) is 12.1 Å². The number of fused-ring (bicyclic) bond motifs is 3. The summed E-state index contributed by atoms with van der Waals surface area (Å²) in [5.74, 6) is -0.186. The number of para-hydroxylation sites is 1. The molecule has 30 heavy (non-hydrogen) atoms. The number of rotatable bonds is 5. The Labute approximate surface area is 177 Å². The highest BCUT2D eigenvalue weighted by Gasteiger charge is 2.19. The molecule has 0 radical (unpaired) electrons. The highest BCUT2D eigenvalue weighted by Crippen LogP contribution is 2.30. The number of nitrogens with one attached hydrogen (secondary N) is 1. The fourth-order valence-corrected chi connectivity index (χ4v) is 4.82. The van der Waals surface area contributed by atoms with Crippen LogP contribution in [0.3, 0.4) is 0 Å². The van der Waals surface area contributed by atoms with E-state index in [0.29, 0.717) is 6.04 Å². The molecule has 0 aliphatic carbocycles. The van der Waals surface area contributed by atoms with Gasteiger partial charge < -0.3 is 9.88 Å². The van der Waals surface area contributed by atoms with Gasteiger partial charge in [0.15, 0.2) is 0 Å². The number of hydrogen-bond acceptors (Lipinski definition) is 2. The van der Waals surface area contributed by atoms with Crippen molar-refractivity contribution in [2.45, 2.75) is 38.9 Å². The molecule has 5 rings (SSSR count). The Morgan fingerprint density at radius 3 is 2.40 bits per heavy atom. The maximum absolute atomic E-state index is 13.1. The molecule has 0 amide bonds. The van der Waals surface area contributed by atoms with E-state index < -0.39 is 0 Å². The quantitative estimate of drug-likeness (QED) is 0.441. The van der Waals surface area contributed by atoms with Crippen LogP contribution in [0.2, 0.25) is 0 Å². The van der Waals surface area contributed by atoms with E-state index in [1.165, 1.54) is 39.5 Å². The van der Waals surface area contributed by atoms with Crippen molar-refractivity contribution in [2.75, 3.05) is 18.4 Å². The average molecular weight is 402 g/mol. The molecule has 4 aromatic rings. The third kappa shape index (κ3) is 3.68. The van der Waals surface area contributed by atoms with Gasteiger partial charge in [-0.05, 0) is 67.8 Å². The van der Waals surface area contributed by atoms with Crippen molar-refractivity contribution in [3.05, 3.63) is 78.1 Å². The lowest BCUT2D eigenvalue weighted by Crippen LogP contribution is -2.38. The number of benzene rings is 3. The summed E-state index contributed by atoms with van der Waals surface area (Å²) in [5.41, 5.74) is 5.03. The van der Waals surface area contributed by atoms with Crippen LogP contribution in [0.25, 0.3) is 21.8 Å². The monoisotopic (exact) mass is 401 g/mol. The van der Waals surface area contributed by atoms with Gasteiger partial charge in [0.05, 0.1) is 0 Å². The number of nitrogens with zero attached hydrogens (tertiary/aromatic N) is 2. The van der Waals surface area contributed by atoms with Gasteiger partial charge in [0.2, 0.25) is 0 Å². The van der Waals surface area contributed by atoms with E-state index >= 15 is 0 Å². The summed E-state index contributed by atoms with van der Waals surface area (Å²) in [7, 11) is 0. The van der Waals surface area contributed by atoms with E-state index in [9.17, 15) is 4.39 Å². The van der Waals surface area contributed by atoms with Crippen molar-refractivity contribution >= 4 is 27.5 Å². The average Bonchev–Trinajstić information content (AvgIpc) is 3.10. The van der Waals surface area contributed by atoms with Gasteiger partial charge >= 0.3 is 0 Å². The number of piperidine rings is 1. The molecule has 1 N–H and O–H groups in total. The van der Waals surface area contributed by atoms with Crippen molar-refractivity contribution < 1.29 is 4.39 Å². The molecule has 3 aromatic carbocycles. The minimum atomic E-state index is -0.186. The molecule has 0 atom stereocenters. The molecule has 2 heterocycles. The summed E-state index contributed by atoms with van der Waals surface area (Å²) in [6.45, 7) is 6.34. The Morgan fingerprint density at radius 2 is 1.63 bits per heavy atom. The molecule has 4 heteroatoms. The lowest BCUT2D eigenvalue weighted by molar-refractivity contribution is 0.211. The zero-order chi connectivity index (χ0) is 20.5. The van der Waals surface area contributed by atoms with Crippen molar-refractivity contribution in [1.82, 2.24) is 9.47 Å². The van der Waals surface area contributed by atoms with E-state index in [4.69, 9.17) is 0 Å². The standard InChI is InChI=1S/C26H28FN3/c1-2-30-25-6-4-3-5-23(25)24-17-19(7-12-26(24)30)18-29-15-13-22(14-16-29)28-21-10-8-20(27)9-11-21/h3-12,17,22,28H,2,13-16,18H2,1H3. The van der Waals surface area contributed by atoms with E-state index in [0.717, 1.165) is 44.7 Å². The van der Waals surface area contributed by atoms with Gasteiger partial charge in [0, 0.05) is 59.7 Å². The second kappa shape index (κ2) is 8.11. The fourth-order valence-electron chi connectivity index (χ4n) is 4.82. The Kier molecular flexibility index (Phi) is 5.17. The first-order valence-corrected chi connectivity index (χ1v) is 11.0. The first-order valence-electron chi connectivity index (χ1n) is 11.0. The van der Waals surface area contributed by atoms with Crippen LogP contribution in [0, 0.1) is 5.82 Å². The summed E-state index contributed by atoms with van der Waals surface area (Å²) >= 11 is 0. The first-order chi connectivity index (χ1) is 14.7. The van der Waals surface area contributed by atoms with Gasteiger partial charge in [-0.15, -0.1) is 0 Å². The lowest BCUT2D eigenvalue weighted by atomic mass is 10.0. The van der Waals surface area contributed by atoms with Crippen LogP contribution in [-0.2, 0) is 13.1 Å². The zero-order valence-electron chi connectivity index (χ0n) is 17.4. The Morgan fingerprint density at radius 1 is 0.900 bits per heavy atom. The van der Waals surface area contributed by atoms with Crippen LogP contribution < -0.4 is 5.32 Å². The second-order valence-corrected chi connectivity index (χ2v) is 8.31. The minimum absolute atomic E-state index is 0.186. The largest absolute Gasteiger partial charge is 0.382 e. The Bertz CT molecular complexity index is 1150. The predicted octanol–water partition coefficient (Wildman–Crippen LogP) is 6.03. The van der Waals surface area contributed by atoms with Crippen LogP contribution >= 0.6 is 0 Å². The van der Waals surface area contributed by atoms with E-state index in [-0.39, 0.29) is 5.82 Å². The molecular formula is C26H28FN3. The molecule has 3 nitrogen and oxygen atoms in total. The highest BCUT2D eigenvalue weighted by molar-refractivity contribution is 6.08. The van der Waals surface area contributed by atoms with Gasteiger partial charge in [-0.2, -0.15) is 0 Å². The Hall–Kier alpha value is -2.85. The number of aryl methyl sites for hydroxylation is 1. The number of halogens is 1. The summed E-state index contributed by atoms with van der Waals surface area (Å²) in [4.78, 5) is 2.54. The van der Waals surface area contributed by atoms with Crippen LogP contribution in [0.15, 0.2) is 66.7 Å². The number of likely N-dealkylation sites (tertiary alicyclic amines) is 1. The summed E-state index contributed by atoms with van der Waals surface area (Å²) in [6.07, 6.45) is 2.21. The van der Waals surface area contributed by atoms with Crippen molar-refractivity contribution in [3.63, 3.8) is 0 Å². The van der Waals surface area contributed by atoms with E-state index in [2.05, 4.69) is 64.2 Å². The second-order valence-electron chi connectivity index (χ2n) is 8.31. The molecule has 0 saturated carbocycles. The fraction of sp³-hybridized carbons (Fsp3) is 0.308. The first kappa shape index (κ1) is 19.1. The molecule has 1 aromatic heterocycles. The van der Waals surface area contributed by atoms with Crippen molar-refractivity contribution in [3.8, 4) is 0 Å². The summed E-state index contributed by atoms with van der Waals surface area (Å²) < 4.78 is 15.5. The van der Waals surface area contributed by atoms with Crippen LogP contribution in [0.4, 0.5) is 10.1 Å². The van der Waals surface area contributed by atoms with Gasteiger partial charge in [0.25, 0.3) is 0 Å². The third-order valence-electron chi connectivity index (χ3n) is 6.36. The summed E-state index contributed by atoms with van der Waals surface area (Å²) in [6, 6.07) is 22.8. The SMILES string of the molecule is CCn1c2ccccc2c2cc(CN3CCC(Nc4ccc(F)cc4)CC3)ccc21.